The zero-order valence-electron chi connectivity index (χ0n) is 21.2. The molecule has 0 aliphatic rings. The number of ether oxygens (including phenoxy) is 1. The van der Waals surface area contributed by atoms with Crippen LogP contribution < -0.4 is 8.32 Å². The number of benzene rings is 3. The summed E-state index contributed by atoms with van der Waals surface area (Å²) in [5.41, 5.74) is 1.48. The Kier molecular flexibility index (Phi) is 10.7. The summed E-state index contributed by atoms with van der Waals surface area (Å²) < 4.78 is 11.8. The number of ketones is 1. The monoisotopic (exact) mass is 564 g/mol. The molecule has 0 amide bonds. The van der Waals surface area contributed by atoms with Crippen LogP contribution in [0.4, 0.5) is 0 Å². The van der Waals surface area contributed by atoms with E-state index in [2.05, 4.69) is 45.0 Å². The summed E-state index contributed by atoms with van der Waals surface area (Å²) in [6.07, 6.45) is 7.87. The fraction of sp³-hybridized carbons (Fsp3) is 0.387. The van der Waals surface area contributed by atoms with Gasteiger partial charge in [-0.15, -0.1) is 0 Å². The molecule has 180 valence electrons. The van der Waals surface area contributed by atoms with Crippen molar-refractivity contribution in [1.29, 1.82) is 0 Å². The molecule has 0 fully saturated rings. The van der Waals surface area contributed by atoms with Crippen LogP contribution in [0.5, 0.6) is 11.5 Å². The molecule has 0 heterocycles. The van der Waals surface area contributed by atoms with Gasteiger partial charge in [-0.3, -0.25) is 0 Å². The molecule has 0 bridgehead atoms. The van der Waals surface area contributed by atoms with E-state index >= 15 is 0 Å². The number of rotatable bonds is 14. The van der Waals surface area contributed by atoms with E-state index in [4.69, 9.17) is 4.74 Å². The Morgan fingerprint density at radius 3 is 1.53 bits per heavy atom. The van der Waals surface area contributed by atoms with Gasteiger partial charge >= 0.3 is 193 Å². The average molecular weight is 563 g/mol. The van der Waals surface area contributed by atoms with E-state index < -0.39 is 18.4 Å². The van der Waals surface area contributed by atoms with Gasteiger partial charge in [0, 0.05) is 0 Å². The Morgan fingerprint density at radius 2 is 1.06 bits per heavy atom. The molecule has 0 radical (unpaired) electrons. The van der Waals surface area contributed by atoms with Crippen molar-refractivity contribution in [2.24, 2.45) is 0 Å². The standard InChI is InChI=1S/C19H13O2.3C4H9.Sn/c20-19(15-7-3-1-4-8-15)16-11-13-18(14-12-16)21-17-9-5-2-6-10-17;3*1-3-4-2;/h2-14H;3*1,3-4H2,2H3;. The molecule has 0 aliphatic carbocycles. The van der Waals surface area contributed by atoms with Gasteiger partial charge in [-0.25, -0.2) is 0 Å². The number of para-hydroxylation sites is 1. The van der Waals surface area contributed by atoms with Crippen LogP contribution in [-0.2, 0) is 0 Å². The molecule has 3 rings (SSSR count). The van der Waals surface area contributed by atoms with Crippen molar-refractivity contribution in [1.82, 2.24) is 0 Å². The maximum atomic E-state index is 13.2. The molecule has 2 nitrogen and oxygen atoms in total. The van der Waals surface area contributed by atoms with Crippen molar-refractivity contribution in [3.8, 4) is 11.5 Å². The zero-order valence-corrected chi connectivity index (χ0v) is 24.0. The second-order valence-electron chi connectivity index (χ2n) is 9.44. The molecule has 0 spiro atoms. The molecule has 0 aromatic heterocycles. The van der Waals surface area contributed by atoms with Crippen LogP contribution in [-0.4, -0.2) is 24.2 Å². The second kappa shape index (κ2) is 13.7. The van der Waals surface area contributed by atoms with Crippen molar-refractivity contribution < 1.29 is 9.53 Å². The molecule has 34 heavy (non-hydrogen) atoms. The molecule has 0 unspecified atom stereocenters. The van der Waals surface area contributed by atoms with Crippen molar-refractivity contribution in [3.05, 3.63) is 90.0 Å². The predicted molar refractivity (Wildman–Crippen MR) is 147 cm³/mol. The topological polar surface area (TPSA) is 26.3 Å². The van der Waals surface area contributed by atoms with E-state index in [0.717, 1.165) is 17.1 Å². The van der Waals surface area contributed by atoms with Gasteiger partial charge in [-0.2, -0.15) is 0 Å². The van der Waals surface area contributed by atoms with Crippen molar-refractivity contribution in [2.75, 3.05) is 0 Å². The van der Waals surface area contributed by atoms with Crippen LogP contribution in [0.25, 0.3) is 0 Å². The SMILES string of the molecule is CCC[CH2][Sn]([CH2]CCC)([CH2]CCC)[c]1ccc(C(=O)c2ccc(Oc3ccccc3)cc2)cc1. The number of hydrogen-bond acceptors (Lipinski definition) is 2. The average Bonchev–Trinajstić information content (AvgIpc) is 2.89. The number of unbranched alkanes of at least 4 members (excludes halogenated alkanes) is 3. The van der Waals surface area contributed by atoms with Gasteiger partial charge in [0.25, 0.3) is 0 Å². The van der Waals surface area contributed by atoms with Gasteiger partial charge in [0.05, 0.1) is 0 Å². The number of carbonyl (C=O) groups is 1. The first-order valence-corrected chi connectivity index (χ1v) is 20.6. The van der Waals surface area contributed by atoms with Gasteiger partial charge < -0.3 is 0 Å². The summed E-state index contributed by atoms with van der Waals surface area (Å²) in [5, 5.41) is 0. The van der Waals surface area contributed by atoms with Gasteiger partial charge in [0.1, 0.15) is 0 Å². The van der Waals surface area contributed by atoms with Crippen LogP contribution in [0.3, 0.4) is 0 Å². The summed E-state index contributed by atoms with van der Waals surface area (Å²) >= 11 is -2.46. The third-order valence-electron chi connectivity index (χ3n) is 6.88. The van der Waals surface area contributed by atoms with Gasteiger partial charge in [0.2, 0.25) is 0 Å². The van der Waals surface area contributed by atoms with Crippen LogP contribution in [0.15, 0.2) is 78.9 Å². The number of hydrogen-bond donors (Lipinski definition) is 0. The van der Waals surface area contributed by atoms with Crippen molar-refractivity contribution in [2.45, 2.75) is 72.6 Å². The quantitative estimate of drug-likeness (QED) is 0.145. The Hall–Kier alpha value is -2.07. The summed E-state index contributed by atoms with van der Waals surface area (Å²) in [6.45, 7) is 6.94. The second-order valence-corrected chi connectivity index (χ2v) is 22.7. The minimum absolute atomic E-state index is 0.0780. The molecular formula is C31H40O2Sn. The molecular weight excluding hydrogens is 523 g/mol. The van der Waals surface area contributed by atoms with E-state index in [1.54, 1.807) is 3.58 Å². The summed E-state index contributed by atoms with van der Waals surface area (Å²) in [4.78, 5) is 13.2. The minimum atomic E-state index is -2.46. The first-order valence-electron chi connectivity index (χ1n) is 13.1. The fourth-order valence-electron chi connectivity index (χ4n) is 4.79. The maximum absolute atomic E-state index is 13.2. The summed E-state index contributed by atoms with van der Waals surface area (Å²) in [5.74, 6) is 1.61. The first-order chi connectivity index (χ1) is 16.6. The Labute approximate surface area is 210 Å². The van der Waals surface area contributed by atoms with Crippen LogP contribution >= 0.6 is 0 Å². The summed E-state index contributed by atoms with van der Waals surface area (Å²) in [7, 11) is 0. The fourth-order valence-corrected chi connectivity index (χ4v) is 20.7. The van der Waals surface area contributed by atoms with E-state index in [-0.39, 0.29) is 5.78 Å². The van der Waals surface area contributed by atoms with Gasteiger partial charge in [-0.05, 0) is 0 Å². The zero-order chi connectivity index (χ0) is 24.2. The number of carbonyl (C=O) groups excluding carboxylic acids is 1. The Bertz CT molecular complexity index is 972. The molecule has 0 saturated heterocycles. The summed E-state index contributed by atoms with van der Waals surface area (Å²) in [6, 6.07) is 26.0. The van der Waals surface area contributed by atoms with Crippen LogP contribution in [0, 0.1) is 0 Å². The van der Waals surface area contributed by atoms with E-state index in [9.17, 15) is 4.79 Å². The molecule has 0 N–H and O–H groups in total. The van der Waals surface area contributed by atoms with Crippen LogP contribution in [0.1, 0.15) is 75.2 Å². The third-order valence-corrected chi connectivity index (χ3v) is 22.6. The van der Waals surface area contributed by atoms with E-state index in [1.807, 2.05) is 54.6 Å². The van der Waals surface area contributed by atoms with Crippen molar-refractivity contribution in [3.63, 3.8) is 0 Å². The van der Waals surface area contributed by atoms with Gasteiger partial charge in [-0.1, -0.05) is 18.2 Å². The van der Waals surface area contributed by atoms with Crippen molar-refractivity contribution >= 4 is 27.7 Å². The first kappa shape index (κ1) is 26.5. The van der Waals surface area contributed by atoms with E-state index in [1.165, 1.54) is 51.8 Å². The Balaban J connectivity index is 1.77. The molecule has 0 aliphatic heterocycles. The molecule has 3 aromatic carbocycles. The molecule has 0 saturated carbocycles. The molecule has 3 aromatic rings. The third kappa shape index (κ3) is 7.21. The Morgan fingerprint density at radius 1 is 0.618 bits per heavy atom. The predicted octanol–water partition coefficient (Wildman–Crippen LogP) is 8.77. The van der Waals surface area contributed by atoms with Gasteiger partial charge in [0.15, 0.2) is 0 Å². The van der Waals surface area contributed by atoms with E-state index in [0.29, 0.717) is 5.56 Å². The normalized spacial score (nSPS) is 11.4. The molecule has 3 heteroatoms. The molecule has 0 atom stereocenters. The van der Waals surface area contributed by atoms with Crippen LogP contribution in [0.2, 0.25) is 13.3 Å².